The van der Waals surface area contributed by atoms with Crippen LogP contribution in [-0.2, 0) is 12.7 Å². The van der Waals surface area contributed by atoms with Crippen LogP contribution in [0.25, 0.3) is 5.57 Å². The third-order valence-electron chi connectivity index (χ3n) is 5.30. The summed E-state index contributed by atoms with van der Waals surface area (Å²) in [5, 5.41) is 3.25. The van der Waals surface area contributed by atoms with Crippen molar-refractivity contribution in [3.8, 4) is 0 Å². The lowest BCUT2D eigenvalue weighted by molar-refractivity contribution is 0.0211. The maximum Gasteiger partial charge on any atom is 0.250 e. The van der Waals surface area contributed by atoms with E-state index >= 15 is 0 Å². The molecule has 0 spiro atoms. The van der Waals surface area contributed by atoms with E-state index < -0.39 is 5.92 Å². The van der Waals surface area contributed by atoms with Crippen molar-refractivity contribution in [2.75, 3.05) is 0 Å². The lowest BCUT2D eigenvalue weighted by atomic mass is 9.39. The molecule has 2 rings (SSSR count). The molecule has 0 aliphatic carbocycles. The van der Waals surface area contributed by atoms with Gasteiger partial charge in [0, 0.05) is 11.6 Å². The third-order valence-corrected chi connectivity index (χ3v) is 5.30. The molecule has 1 aliphatic rings. The molecule has 0 saturated carbocycles. The Kier molecular flexibility index (Phi) is 7.08. The highest BCUT2D eigenvalue weighted by atomic mass is 19.3. The van der Waals surface area contributed by atoms with E-state index in [2.05, 4.69) is 57.0 Å². The fourth-order valence-corrected chi connectivity index (χ4v) is 3.92. The Labute approximate surface area is 163 Å². The molecule has 1 N–H and O–H groups in total. The van der Waals surface area contributed by atoms with Crippen molar-refractivity contribution in [2.24, 2.45) is 0 Å². The first-order valence-corrected chi connectivity index (χ1v) is 9.82. The molecule has 146 valence electrons. The molecule has 1 atom stereocenters. The Balaban J connectivity index is 2.08. The second-order valence-corrected chi connectivity index (χ2v) is 8.34. The molecule has 0 fully saturated rings. The molecule has 1 aromatic carbocycles. The van der Waals surface area contributed by atoms with Crippen LogP contribution in [0, 0.1) is 0 Å². The van der Waals surface area contributed by atoms with Gasteiger partial charge < -0.3 is 5.32 Å². The van der Waals surface area contributed by atoms with Crippen LogP contribution in [0.15, 0.2) is 49.2 Å². The molecule has 1 unspecified atom stereocenters. The monoisotopic (exact) mass is 371 g/mol. The number of fused-ring (bicyclic) bond motifs is 1. The molecule has 0 bridgehead atoms. The average molecular weight is 371 g/mol. The zero-order valence-corrected chi connectivity index (χ0v) is 17.0. The van der Waals surface area contributed by atoms with Crippen LogP contribution in [0.5, 0.6) is 0 Å². The van der Waals surface area contributed by atoms with Gasteiger partial charge >= 0.3 is 0 Å². The Morgan fingerprint density at radius 3 is 2.59 bits per heavy atom. The number of nitrogens with one attached hydrogen (secondary N) is 1. The Morgan fingerprint density at radius 2 is 1.96 bits per heavy atom. The van der Waals surface area contributed by atoms with Crippen LogP contribution in [0.2, 0.25) is 6.82 Å². The second kappa shape index (κ2) is 8.90. The molecule has 1 aliphatic heterocycles. The number of halogens is 2. The number of rotatable bonds is 9. The van der Waals surface area contributed by atoms with Crippen LogP contribution in [-0.4, -0.2) is 18.6 Å². The number of hydrogen-bond acceptors (Lipinski definition) is 1. The smallest absolute Gasteiger partial charge is 0.250 e. The van der Waals surface area contributed by atoms with Crippen molar-refractivity contribution < 1.29 is 8.78 Å². The zero-order valence-electron chi connectivity index (χ0n) is 17.0. The number of alkyl halides is 2. The highest BCUT2D eigenvalue weighted by Gasteiger charge is 2.31. The number of hydrogen-bond donors (Lipinski definition) is 1. The summed E-state index contributed by atoms with van der Waals surface area (Å²) in [5.74, 6) is -2.59. The highest BCUT2D eigenvalue weighted by Crippen LogP contribution is 2.31. The standard InChI is InChI=1S/C23H32BF2N/c1-16(2)9-7-10-17(3)20-12-8-11-19-13-22(24(6)15-21(19)20)27-18(4)14-23(5,25)26/h8,11-12,22,27H,1,3-4,7,9-10,13-15H2,2,5-6H3. The molecule has 1 nitrogen and oxygen atoms in total. The normalized spacial score (nSPS) is 16.6. The van der Waals surface area contributed by atoms with Crippen molar-refractivity contribution in [2.45, 2.75) is 71.0 Å². The van der Waals surface area contributed by atoms with Gasteiger partial charge in [-0.3, -0.25) is 0 Å². The van der Waals surface area contributed by atoms with Gasteiger partial charge in [-0.15, -0.1) is 6.58 Å². The van der Waals surface area contributed by atoms with E-state index in [-0.39, 0.29) is 12.4 Å². The second-order valence-electron chi connectivity index (χ2n) is 8.34. The number of allylic oxidation sites excluding steroid dienone is 3. The van der Waals surface area contributed by atoms with E-state index in [0.717, 1.165) is 38.9 Å². The van der Waals surface area contributed by atoms with E-state index in [1.165, 1.54) is 27.8 Å². The molecule has 27 heavy (non-hydrogen) atoms. The van der Waals surface area contributed by atoms with Crippen LogP contribution in [0.1, 0.15) is 56.2 Å². The van der Waals surface area contributed by atoms with E-state index in [1.54, 1.807) is 0 Å². The summed E-state index contributed by atoms with van der Waals surface area (Å²) in [6.07, 6.45) is 4.52. The largest absolute Gasteiger partial charge is 0.393 e. The lowest BCUT2D eigenvalue weighted by Crippen LogP contribution is -2.47. The predicted molar refractivity (Wildman–Crippen MR) is 114 cm³/mol. The van der Waals surface area contributed by atoms with Crippen LogP contribution in [0.3, 0.4) is 0 Å². The van der Waals surface area contributed by atoms with Gasteiger partial charge in [-0.2, -0.15) is 0 Å². The Morgan fingerprint density at radius 1 is 1.26 bits per heavy atom. The summed E-state index contributed by atoms with van der Waals surface area (Å²) in [5.41, 5.74) is 6.73. The van der Waals surface area contributed by atoms with E-state index in [4.69, 9.17) is 0 Å². The minimum absolute atomic E-state index is 0.138. The molecule has 1 aromatic rings. The van der Waals surface area contributed by atoms with Gasteiger partial charge in [0.15, 0.2) is 6.71 Å². The Hall–Kier alpha value is -1.84. The topological polar surface area (TPSA) is 12.0 Å². The first-order valence-electron chi connectivity index (χ1n) is 9.82. The summed E-state index contributed by atoms with van der Waals surface area (Å²) in [7, 11) is 0. The summed E-state index contributed by atoms with van der Waals surface area (Å²) >= 11 is 0. The summed E-state index contributed by atoms with van der Waals surface area (Å²) < 4.78 is 26.5. The molecule has 0 saturated heterocycles. The minimum atomic E-state index is -2.73. The van der Waals surface area contributed by atoms with Gasteiger partial charge in [0.2, 0.25) is 0 Å². The first kappa shape index (κ1) is 21.5. The van der Waals surface area contributed by atoms with Crippen molar-refractivity contribution in [1.29, 1.82) is 0 Å². The van der Waals surface area contributed by atoms with Gasteiger partial charge in [-0.1, -0.05) is 43.8 Å². The summed E-state index contributed by atoms with van der Waals surface area (Å²) in [6, 6.07) is 6.40. The molecular weight excluding hydrogens is 339 g/mol. The first-order chi connectivity index (χ1) is 12.6. The van der Waals surface area contributed by atoms with Crippen molar-refractivity contribution in [3.63, 3.8) is 0 Å². The fourth-order valence-electron chi connectivity index (χ4n) is 3.92. The molecule has 0 aromatic heterocycles. The van der Waals surface area contributed by atoms with Gasteiger partial charge in [-0.25, -0.2) is 8.78 Å². The fraction of sp³-hybridized carbons (Fsp3) is 0.478. The van der Waals surface area contributed by atoms with Crippen LogP contribution < -0.4 is 5.32 Å². The van der Waals surface area contributed by atoms with Gasteiger partial charge in [-0.05, 0) is 68.1 Å². The molecule has 0 radical (unpaired) electrons. The molecule has 4 heteroatoms. The molecule has 1 heterocycles. The van der Waals surface area contributed by atoms with Crippen molar-refractivity contribution in [1.82, 2.24) is 5.32 Å². The minimum Gasteiger partial charge on any atom is -0.393 e. The molecule has 0 amide bonds. The van der Waals surface area contributed by atoms with E-state index in [9.17, 15) is 8.78 Å². The van der Waals surface area contributed by atoms with Crippen LogP contribution in [0.4, 0.5) is 8.78 Å². The van der Waals surface area contributed by atoms with Crippen molar-refractivity contribution in [3.05, 3.63) is 65.9 Å². The van der Waals surface area contributed by atoms with Gasteiger partial charge in [0.1, 0.15) is 0 Å². The maximum absolute atomic E-state index is 13.2. The van der Waals surface area contributed by atoms with Gasteiger partial charge in [0.25, 0.3) is 5.92 Å². The quantitative estimate of drug-likeness (QED) is 0.399. The highest BCUT2D eigenvalue weighted by molar-refractivity contribution is 6.59. The number of benzene rings is 1. The molecular formula is C23H32BF2N. The van der Waals surface area contributed by atoms with E-state index in [0.29, 0.717) is 12.4 Å². The van der Waals surface area contributed by atoms with Crippen LogP contribution >= 0.6 is 0 Å². The lowest BCUT2D eigenvalue weighted by Gasteiger charge is -2.33. The van der Waals surface area contributed by atoms with Gasteiger partial charge in [0.05, 0.1) is 6.42 Å². The maximum atomic E-state index is 13.2. The predicted octanol–water partition coefficient (Wildman–Crippen LogP) is 6.27. The summed E-state index contributed by atoms with van der Waals surface area (Å²) in [4.78, 5) is 0. The Bertz CT molecular complexity index is 718. The van der Waals surface area contributed by atoms with E-state index in [1.807, 2.05) is 0 Å². The SMILES string of the molecule is C=C(C)CCCC(=C)c1cccc2c1CB(C)C(NC(=C)CC(C)(F)F)C2. The zero-order chi connectivity index (χ0) is 20.2. The average Bonchev–Trinajstić information content (AvgIpc) is 2.52. The third kappa shape index (κ3) is 6.37. The van der Waals surface area contributed by atoms with Crippen molar-refractivity contribution >= 4 is 12.3 Å². The summed E-state index contributed by atoms with van der Waals surface area (Å²) in [6.45, 7) is 17.6.